The van der Waals surface area contributed by atoms with E-state index >= 15 is 0 Å². The molecular formula is C13H21N3OS. The van der Waals surface area contributed by atoms with Gasteiger partial charge in [0.15, 0.2) is 0 Å². The zero-order valence-electron chi connectivity index (χ0n) is 11.0. The van der Waals surface area contributed by atoms with Crippen molar-refractivity contribution >= 4 is 17.2 Å². The summed E-state index contributed by atoms with van der Waals surface area (Å²) in [5, 5.41) is 1.96. The normalized spacial score (nSPS) is 20.6. The van der Waals surface area contributed by atoms with Crippen molar-refractivity contribution in [1.29, 1.82) is 0 Å². The second kappa shape index (κ2) is 5.82. The number of rotatable bonds is 4. The average molecular weight is 267 g/mol. The number of nitrogens with zero attached hydrogens (tertiary/aromatic N) is 1. The smallest absolute Gasteiger partial charge is 0.275 e. The van der Waals surface area contributed by atoms with Crippen molar-refractivity contribution in [3.63, 3.8) is 0 Å². The van der Waals surface area contributed by atoms with Crippen molar-refractivity contribution in [1.82, 2.24) is 10.3 Å². The number of nitrogens with two attached hydrogens (primary N) is 1. The van der Waals surface area contributed by atoms with Gasteiger partial charge in [0.1, 0.15) is 0 Å². The van der Waals surface area contributed by atoms with Gasteiger partial charge in [-0.25, -0.2) is 5.84 Å². The number of carbonyl (C=O) groups excluding carboxylic acids is 1. The van der Waals surface area contributed by atoms with Crippen LogP contribution in [0.2, 0.25) is 0 Å². The van der Waals surface area contributed by atoms with E-state index in [0.29, 0.717) is 12.0 Å². The van der Waals surface area contributed by atoms with E-state index in [-0.39, 0.29) is 5.91 Å². The van der Waals surface area contributed by atoms with E-state index in [1.54, 1.807) is 0 Å². The molecule has 0 saturated carbocycles. The van der Waals surface area contributed by atoms with Gasteiger partial charge >= 0.3 is 0 Å². The van der Waals surface area contributed by atoms with Gasteiger partial charge < -0.3 is 0 Å². The lowest BCUT2D eigenvalue weighted by atomic mass is 10.0. The SMILES string of the molecule is CC(C)C1CCCN1Cc1ccsc1C(=O)NN. The van der Waals surface area contributed by atoms with Gasteiger partial charge in [-0.1, -0.05) is 13.8 Å². The second-order valence-electron chi connectivity index (χ2n) is 5.17. The first-order valence-corrected chi connectivity index (χ1v) is 7.32. The molecule has 18 heavy (non-hydrogen) atoms. The summed E-state index contributed by atoms with van der Waals surface area (Å²) in [7, 11) is 0. The number of thiophene rings is 1. The number of hydrogen-bond donors (Lipinski definition) is 2. The molecule has 5 heteroatoms. The van der Waals surface area contributed by atoms with E-state index in [2.05, 4.69) is 24.2 Å². The number of hydrazine groups is 1. The standard InChI is InChI=1S/C13H21N3OS/c1-9(2)11-4-3-6-16(11)8-10-5-7-18-12(10)13(17)15-14/h5,7,9,11H,3-4,6,8,14H2,1-2H3,(H,15,17). The van der Waals surface area contributed by atoms with E-state index in [9.17, 15) is 4.79 Å². The van der Waals surface area contributed by atoms with Gasteiger partial charge in [0.25, 0.3) is 5.91 Å². The number of likely N-dealkylation sites (tertiary alicyclic amines) is 1. The van der Waals surface area contributed by atoms with Crippen LogP contribution in [0.1, 0.15) is 41.9 Å². The monoisotopic (exact) mass is 267 g/mol. The highest BCUT2D eigenvalue weighted by atomic mass is 32.1. The van der Waals surface area contributed by atoms with E-state index in [0.717, 1.165) is 23.5 Å². The molecule has 1 aromatic heterocycles. The zero-order valence-corrected chi connectivity index (χ0v) is 11.8. The first-order valence-electron chi connectivity index (χ1n) is 6.45. The Morgan fingerprint density at radius 2 is 2.44 bits per heavy atom. The topological polar surface area (TPSA) is 58.4 Å². The Morgan fingerprint density at radius 3 is 3.11 bits per heavy atom. The predicted octanol–water partition coefficient (Wildman–Crippen LogP) is 1.97. The van der Waals surface area contributed by atoms with Gasteiger partial charge in [-0.3, -0.25) is 15.1 Å². The number of hydrogen-bond acceptors (Lipinski definition) is 4. The molecule has 0 spiro atoms. The van der Waals surface area contributed by atoms with Crippen LogP contribution in [-0.2, 0) is 6.54 Å². The summed E-state index contributed by atoms with van der Waals surface area (Å²) >= 11 is 1.46. The van der Waals surface area contributed by atoms with Gasteiger partial charge in [0.05, 0.1) is 4.88 Å². The van der Waals surface area contributed by atoms with Gasteiger partial charge in [-0.15, -0.1) is 11.3 Å². The Balaban J connectivity index is 2.09. The minimum atomic E-state index is -0.180. The predicted molar refractivity (Wildman–Crippen MR) is 74.2 cm³/mol. The van der Waals surface area contributed by atoms with Crippen LogP contribution in [0.3, 0.4) is 0 Å². The molecule has 2 rings (SSSR count). The summed E-state index contributed by atoms with van der Waals surface area (Å²) in [6.45, 7) is 6.52. The molecule has 4 nitrogen and oxygen atoms in total. The van der Waals surface area contributed by atoms with Gasteiger partial charge in [-0.2, -0.15) is 0 Å². The van der Waals surface area contributed by atoms with Crippen LogP contribution in [-0.4, -0.2) is 23.4 Å². The molecule has 2 heterocycles. The molecule has 1 aliphatic heterocycles. The highest BCUT2D eigenvalue weighted by Crippen LogP contribution is 2.27. The molecule has 100 valence electrons. The maximum atomic E-state index is 11.6. The van der Waals surface area contributed by atoms with Gasteiger partial charge in [0, 0.05) is 12.6 Å². The molecule has 0 bridgehead atoms. The Bertz CT molecular complexity index is 416. The van der Waals surface area contributed by atoms with Crippen LogP contribution in [0.25, 0.3) is 0 Å². The summed E-state index contributed by atoms with van der Waals surface area (Å²) in [5.41, 5.74) is 3.31. The highest BCUT2D eigenvalue weighted by molar-refractivity contribution is 7.12. The lowest BCUT2D eigenvalue weighted by molar-refractivity contribution is 0.0955. The molecule has 0 radical (unpaired) electrons. The fourth-order valence-electron chi connectivity index (χ4n) is 2.75. The molecule has 0 aromatic carbocycles. The highest BCUT2D eigenvalue weighted by Gasteiger charge is 2.28. The maximum absolute atomic E-state index is 11.6. The molecule has 1 aliphatic rings. The largest absolute Gasteiger partial charge is 0.296 e. The first-order chi connectivity index (χ1) is 8.63. The Morgan fingerprint density at radius 1 is 1.67 bits per heavy atom. The fourth-order valence-corrected chi connectivity index (χ4v) is 3.57. The van der Waals surface area contributed by atoms with Crippen molar-refractivity contribution < 1.29 is 4.79 Å². The molecule has 1 atom stereocenters. The van der Waals surface area contributed by atoms with Gasteiger partial charge in [-0.05, 0) is 42.3 Å². The second-order valence-corrected chi connectivity index (χ2v) is 6.09. The minimum absolute atomic E-state index is 0.180. The molecule has 1 amide bonds. The first kappa shape index (κ1) is 13.5. The lowest BCUT2D eigenvalue weighted by Gasteiger charge is -2.27. The molecular weight excluding hydrogens is 246 g/mol. The number of nitrogen functional groups attached to an aromatic ring is 1. The Hall–Kier alpha value is -0.910. The minimum Gasteiger partial charge on any atom is -0.296 e. The maximum Gasteiger partial charge on any atom is 0.275 e. The third kappa shape index (κ3) is 2.74. The van der Waals surface area contributed by atoms with Crippen molar-refractivity contribution in [2.24, 2.45) is 11.8 Å². The summed E-state index contributed by atoms with van der Waals surface area (Å²) in [6.07, 6.45) is 2.52. The van der Waals surface area contributed by atoms with Gasteiger partial charge in [0.2, 0.25) is 0 Å². The average Bonchev–Trinajstić information content (AvgIpc) is 2.97. The van der Waals surface area contributed by atoms with Crippen LogP contribution < -0.4 is 11.3 Å². The third-order valence-corrected chi connectivity index (χ3v) is 4.60. The van der Waals surface area contributed by atoms with Crippen LogP contribution in [0.15, 0.2) is 11.4 Å². The summed E-state index contributed by atoms with van der Waals surface area (Å²) in [5.74, 6) is 5.69. The number of carbonyl (C=O) groups is 1. The van der Waals surface area contributed by atoms with E-state index in [1.165, 1.54) is 24.2 Å². The lowest BCUT2D eigenvalue weighted by Crippen LogP contribution is -2.34. The summed E-state index contributed by atoms with van der Waals surface area (Å²) in [6, 6.07) is 2.67. The summed E-state index contributed by atoms with van der Waals surface area (Å²) in [4.78, 5) is 14.9. The van der Waals surface area contributed by atoms with Crippen molar-refractivity contribution in [2.45, 2.75) is 39.3 Å². The van der Waals surface area contributed by atoms with Crippen molar-refractivity contribution in [2.75, 3.05) is 6.54 Å². The molecule has 1 fully saturated rings. The number of amides is 1. The molecule has 0 aliphatic carbocycles. The summed E-state index contributed by atoms with van der Waals surface area (Å²) < 4.78 is 0. The molecule has 1 aromatic rings. The van der Waals surface area contributed by atoms with Crippen molar-refractivity contribution in [3.05, 3.63) is 21.9 Å². The van der Waals surface area contributed by atoms with E-state index in [1.807, 2.05) is 11.4 Å². The quantitative estimate of drug-likeness (QED) is 0.498. The fraction of sp³-hybridized carbons (Fsp3) is 0.615. The van der Waals surface area contributed by atoms with Crippen molar-refractivity contribution in [3.8, 4) is 0 Å². The third-order valence-electron chi connectivity index (χ3n) is 3.64. The number of nitrogens with one attached hydrogen (secondary N) is 1. The van der Waals surface area contributed by atoms with Crippen LogP contribution >= 0.6 is 11.3 Å². The van der Waals surface area contributed by atoms with E-state index in [4.69, 9.17) is 5.84 Å². The van der Waals surface area contributed by atoms with Crippen LogP contribution in [0.4, 0.5) is 0 Å². The van der Waals surface area contributed by atoms with Crippen LogP contribution in [0.5, 0.6) is 0 Å². The van der Waals surface area contributed by atoms with E-state index < -0.39 is 0 Å². The molecule has 3 N–H and O–H groups in total. The Kier molecular flexibility index (Phi) is 4.37. The van der Waals surface area contributed by atoms with Crippen LogP contribution in [0, 0.1) is 5.92 Å². The Labute approximate surface area is 112 Å². The molecule has 1 saturated heterocycles. The zero-order chi connectivity index (χ0) is 13.1. The molecule has 1 unspecified atom stereocenters.